The van der Waals surface area contributed by atoms with Crippen LogP contribution in [0.4, 0.5) is 10.1 Å². The van der Waals surface area contributed by atoms with E-state index in [9.17, 15) is 22.4 Å². The number of rotatable bonds is 4. The SMILES string of the molecule is CC1CS(=O)(=O)N(c2ccc(C(=O)NCc3ccc(F)cc3)cc2)C1=O. The van der Waals surface area contributed by atoms with Crippen molar-refractivity contribution < 1.29 is 22.4 Å². The van der Waals surface area contributed by atoms with Crippen LogP contribution in [0.2, 0.25) is 0 Å². The van der Waals surface area contributed by atoms with Crippen LogP contribution in [-0.2, 0) is 21.4 Å². The van der Waals surface area contributed by atoms with Gasteiger partial charge in [0.15, 0.2) is 0 Å². The molecule has 0 aromatic heterocycles. The summed E-state index contributed by atoms with van der Waals surface area (Å²) in [5.41, 5.74) is 1.29. The highest BCUT2D eigenvalue weighted by Gasteiger charge is 2.41. The van der Waals surface area contributed by atoms with Gasteiger partial charge in [0.25, 0.3) is 5.91 Å². The molecule has 1 N–H and O–H groups in total. The number of anilines is 1. The van der Waals surface area contributed by atoms with Crippen molar-refractivity contribution in [1.82, 2.24) is 5.32 Å². The van der Waals surface area contributed by atoms with Gasteiger partial charge in [-0.25, -0.2) is 17.1 Å². The molecule has 2 aromatic carbocycles. The lowest BCUT2D eigenvalue weighted by Gasteiger charge is -2.15. The number of benzene rings is 2. The Morgan fingerprint density at radius 3 is 2.31 bits per heavy atom. The van der Waals surface area contributed by atoms with Crippen molar-refractivity contribution in [2.24, 2.45) is 5.92 Å². The molecule has 0 aliphatic carbocycles. The molecule has 6 nitrogen and oxygen atoms in total. The van der Waals surface area contributed by atoms with Gasteiger partial charge in [0, 0.05) is 12.1 Å². The maximum atomic E-state index is 12.9. The van der Waals surface area contributed by atoms with E-state index in [0.29, 0.717) is 5.56 Å². The molecule has 1 fully saturated rings. The fraction of sp³-hybridized carbons (Fsp3) is 0.222. The van der Waals surface area contributed by atoms with E-state index < -0.39 is 21.8 Å². The van der Waals surface area contributed by atoms with Gasteiger partial charge in [0.2, 0.25) is 15.9 Å². The maximum absolute atomic E-state index is 12.9. The Balaban J connectivity index is 1.70. The van der Waals surface area contributed by atoms with Gasteiger partial charge in [-0.3, -0.25) is 9.59 Å². The van der Waals surface area contributed by atoms with Gasteiger partial charge in [-0.2, -0.15) is 0 Å². The molecule has 1 unspecified atom stereocenters. The second kappa shape index (κ2) is 6.87. The Kier molecular flexibility index (Phi) is 4.78. The lowest BCUT2D eigenvalue weighted by atomic mass is 10.1. The fourth-order valence-corrected chi connectivity index (χ4v) is 4.54. The van der Waals surface area contributed by atoms with Gasteiger partial charge in [0.1, 0.15) is 5.82 Å². The Labute approximate surface area is 150 Å². The van der Waals surface area contributed by atoms with Crippen molar-refractivity contribution in [3.05, 3.63) is 65.5 Å². The van der Waals surface area contributed by atoms with Crippen LogP contribution >= 0.6 is 0 Å². The van der Waals surface area contributed by atoms with Gasteiger partial charge < -0.3 is 5.32 Å². The van der Waals surface area contributed by atoms with E-state index in [2.05, 4.69) is 5.32 Å². The van der Waals surface area contributed by atoms with Crippen LogP contribution in [0.5, 0.6) is 0 Å². The molecule has 0 saturated carbocycles. The first-order chi connectivity index (χ1) is 12.3. The average Bonchev–Trinajstić information content (AvgIpc) is 2.81. The third-order valence-corrected chi connectivity index (χ3v) is 5.96. The van der Waals surface area contributed by atoms with Crippen molar-refractivity contribution in [2.75, 3.05) is 10.1 Å². The minimum atomic E-state index is -3.67. The second-order valence-corrected chi connectivity index (χ2v) is 8.00. The van der Waals surface area contributed by atoms with Crippen molar-refractivity contribution in [3.8, 4) is 0 Å². The first-order valence-electron chi connectivity index (χ1n) is 7.97. The molecule has 1 saturated heterocycles. The minimum absolute atomic E-state index is 0.217. The summed E-state index contributed by atoms with van der Waals surface area (Å²) in [4.78, 5) is 24.2. The molecule has 2 aromatic rings. The van der Waals surface area contributed by atoms with Crippen molar-refractivity contribution in [2.45, 2.75) is 13.5 Å². The number of hydrogen-bond acceptors (Lipinski definition) is 4. The third-order valence-electron chi connectivity index (χ3n) is 4.09. The van der Waals surface area contributed by atoms with E-state index in [1.165, 1.54) is 36.4 Å². The predicted octanol–water partition coefficient (Wildman–Crippen LogP) is 2.07. The number of halogens is 1. The van der Waals surface area contributed by atoms with Crippen LogP contribution in [0.15, 0.2) is 48.5 Å². The highest BCUT2D eigenvalue weighted by molar-refractivity contribution is 7.94. The molecule has 0 spiro atoms. The van der Waals surface area contributed by atoms with Gasteiger partial charge >= 0.3 is 0 Å². The highest BCUT2D eigenvalue weighted by atomic mass is 32.2. The summed E-state index contributed by atoms with van der Waals surface area (Å²) < 4.78 is 37.8. The Hall–Kier alpha value is -2.74. The fourth-order valence-electron chi connectivity index (χ4n) is 2.72. The number of nitrogens with one attached hydrogen (secondary N) is 1. The van der Waals surface area contributed by atoms with Crippen molar-refractivity contribution in [1.29, 1.82) is 0 Å². The first kappa shape index (κ1) is 18.1. The smallest absolute Gasteiger partial charge is 0.251 e. The van der Waals surface area contributed by atoms with E-state index in [1.807, 2.05) is 0 Å². The molecule has 0 radical (unpaired) electrons. The zero-order valence-electron chi connectivity index (χ0n) is 14.0. The zero-order chi connectivity index (χ0) is 18.9. The summed E-state index contributed by atoms with van der Waals surface area (Å²) in [6.45, 7) is 1.80. The van der Waals surface area contributed by atoms with Gasteiger partial charge in [-0.1, -0.05) is 19.1 Å². The van der Waals surface area contributed by atoms with Crippen molar-refractivity contribution in [3.63, 3.8) is 0 Å². The number of hydrogen-bond donors (Lipinski definition) is 1. The molecule has 1 atom stereocenters. The molecule has 3 rings (SSSR count). The minimum Gasteiger partial charge on any atom is -0.348 e. The van der Waals surface area contributed by atoms with Crippen LogP contribution in [0.1, 0.15) is 22.8 Å². The molecule has 1 aliphatic rings. The number of carbonyl (C=O) groups is 2. The molecule has 1 aliphatic heterocycles. The normalized spacial score (nSPS) is 18.8. The highest BCUT2D eigenvalue weighted by Crippen LogP contribution is 2.28. The van der Waals surface area contributed by atoms with Crippen LogP contribution < -0.4 is 9.62 Å². The molecule has 1 heterocycles. The summed E-state index contributed by atoms with van der Waals surface area (Å²) in [6, 6.07) is 11.5. The van der Waals surface area contributed by atoms with Crippen LogP contribution in [-0.4, -0.2) is 26.0 Å². The van der Waals surface area contributed by atoms with E-state index in [-0.39, 0.29) is 29.7 Å². The first-order valence-corrected chi connectivity index (χ1v) is 9.58. The lowest BCUT2D eigenvalue weighted by molar-refractivity contribution is -0.119. The lowest BCUT2D eigenvalue weighted by Crippen LogP contribution is -2.30. The standard InChI is InChI=1S/C18H17FN2O4S/c1-12-11-26(24,25)21(18(12)23)16-8-4-14(5-9-16)17(22)20-10-13-2-6-15(19)7-3-13/h2-9,12H,10-11H2,1H3,(H,20,22). The number of carbonyl (C=O) groups excluding carboxylic acids is 2. The Morgan fingerprint density at radius 2 is 1.77 bits per heavy atom. The van der Waals surface area contributed by atoms with E-state index in [4.69, 9.17) is 0 Å². The summed E-state index contributed by atoms with van der Waals surface area (Å²) >= 11 is 0. The van der Waals surface area contributed by atoms with Crippen molar-refractivity contribution >= 4 is 27.5 Å². The zero-order valence-corrected chi connectivity index (χ0v) is 14.8. The van der Waals surface area contributed by atoms with E-state index >= 15 is 0 Å². The summed E-state index contributed by atoms with van der Waals surface area (Å²) in [6.07, 6.45) is 0. The Bertz CT molecular complexity index is 940. The van der Waals surface area contributed by atoms with Crippen LogP contribution in [0, 0.1) is 11.7 Å². The quantitative estimate of drug-likeness (QED) is 0.885. The monoisotopic (exact) mass is 376 g/mol. The molecule has 0 bridgehead atoms. The molecule has 2 amide bonds. The third kappa shape index (κ3) is 3.60. The predicted molar refractivity (Wildman–Crippen MR) is 94.4 cm³/mol. The summed E-state index contributed by atoms with van der Waals surface area (Å²) in [5.74, 6) is -1.98. The molecule has 8 heteroatoms. The number of sulfonamides is 1. The van der Waals surface area contributed by atoms with Crippen LogP contribution in [0.3, 0.4) is 0 Å². The summed E-state index contributed by atoms with van der Waals surface area (Å²) in [7, 11) is -3.67. The largest absolute Gasteiger partial charge is 0.348 e. The summed E-state index contributed by atoms with van der Waals surface area (Å²) in [5, 5.41) is 2.70. The molecular weight excluding hydrogens is 359 g/mol. The number of nitrogens with zero attached hydrogens (tertiary/aromatic N) is 1. The van der Waals surface area contributed by atoms with Crippen LogP contribution in [0.25, 0.3) is 0 Å². The van der Waals surface area contributed by atoms with Gasteiger partial charge in [0.05, 0.1) is 17.4 Å². The van der Waals surface area contributed by atoms with E-state index in [0.717, 1.165) is 9.87 Å². The maximum Gasteiger partial charge on any atom is 0.251 e. The topological polar surface area (TPSA) is 83.6 Å². The second-order valence-electron chi connectivity index (χ2n) is 6.14. The molecule has 136 valence electrons. The average molecular weight is 376 g/mol. The Morgan fingerprint density at radius 1 is 1.15 bits per heavy atom. The molecular formula is C18H17FN2O4S. The number of amides is 2. The molecule has 26 heavy (non-hydrogen) atoms. The van der Waals surface area contributed by atoms with Gasteiger partial charge in [-0.05, 0) is 42.0 Å². The van der Waals surface area contributed by atoms with E-state index in [1.54, 1.807) is 19.1 Å². The van der Waals surface area contributed by atoms with Gasteiger partial charge in [-0.15, -0.1) is 0 Å².